The molecule has 0 saturated heterocycles. The maximum absolute atomic E-state index is 12.2. The first-order valence-electron chi connectivity index (χ1n) is 11.5. The van der Waals surface area contributed by atoms with Gasteiger partial charge in [-0.1, -0.05) is 61.4 Å². The lowest BCUT2D eigenvalue weighted by Gasteiger charge is -2.21. The third-order valence-electron chi connectivity index (χ3n) is 6.26. The maximum Gasteiger partial charge on any atom is 0.407 e. The maximum atomic E-state index is 12.2. The average molecular weight is 453 g/mol. The van der Waals surface area contributed by atoms with E-state index in [1.807, 2.05) is 24.3 Å². The second kappa shape index (κ2) is 11.5. The van der Waals surface area contributed by atoms with Gasteiger partial charge in [-0.25, -0.2) is 9.59 Å². The molecule has 2 N–H and O–H groups in total. The molecule has 0 saturated carbocycles. The van der Waals surface area contributed by atoms with Crippen LogP contribution in [0.1, 0.15) is 56.1 Å². The summed E-state index contributed by atoms with van der Waals surface area (Å²) in [5.41, 5.74) is 4.77. The van der Waals surface area contributed by atoms with Crippen LogP contribution in [0.15, 0.2) is 48.5 Å². The van der Waals surface area contributed by atoms with Crippen LogP contribution in [0.3, 0.4) is 0 Å². The molecule has 0 radical (unpaired) electrons. The van der Waals surface area contributed by atoms with E-state index in [1.165, 1.54) is 41.1 Å². The molecule has 33 heavy (non-hydrogen) atoms. The molecule has 1 aliphatic carbocycles. The fraction of sp³-hybridized carbons (Fsp3) is 0.423. The molecule has 0 fully saturated rings. The molecule has 0 unspecified atom stereocenters. The summed E-state index contributed by atoms with van der Waals surface area (Å²) in [6, 6.07) is 15.6. The summed E-state index contributed by atoms with van der Waals surface area (Å²) in [6.45, 7) is 2.31. The number of carbonyl (C=O) groups excluding carboxylic acids is 2. The fourth-order valence-electron chi connectivity index (χ4n) is 4.15. The quantitative estimate of drug-likeness (QED) is 0.493. The third kappa shape index (κ3) is 6.12. The topological polar surface area (TPSA) is 95.9 Å². The van der Waals surface area contributed by atoms with Crippen molar-refractivity contribution >= 4 is 18.0 Å². The Morgan fingerprint density at radius 2 is 1.55 bits per heavy atom. The molecule has 0 aromatic heterocycles. The van der Waals surface area contributed by atoms with Crippen molar-refractivity contribution in [3.8, 4) is 11.1 Å². The van der Waals surface area contributed by atoms with Crippen LogP contribution in [-0.2, 0) is 14.3 Å². The van der Waals surface area contributed by atoms with Crippen LogP contribution in [0.5, 0.6) is 0 Å². The molecule has 3 rings (SSSR count). The minimum absolute atomic E-state index is 0.0441. The smallest absolute Gasteiger partial charge is 0.407 e. The molecule has 0 heterocycles. The van der Waals surface area contributed by atoms with Crippen molar-refractivity contribution in [3.05, 3.63) is 59.7 Å². The zero-order valence-corrected chi connectivity index (χ0v) is 19.3. The van der Waals surface area contributed by atoms with Crippen LogP contribution in [0.4, 0.5) is 4.79 Å². The molecule has 0 bridgehead atoms. The average Bonchev–Trinajstić information content (AvgIpc) is 3.14. The van der Waals surface area contributed by atoms with E-state index in [0.29, 0.717) is 26.0 Å². The zero-order chi connectivity index (χ0) is 23.8. The van der Waals surface area contributed by atoms with E-state index in [1.54, 1.807) is 0 Å². The molecule has 1 aliphatic rings. The highest BCUT2D eigenvalue weighted by atomic mass is 16.5. The number of nitrogens with one attached hydrogen (secondary N) is 1. The van der Waals surface area contributed by atoms with E-state index in [9.17, 15) is 14.4 Å². The number of carboxylic acid groups (broad SMARTS) is 1. The number of benzene rings is 2. The molecular formula is C26H32N2O5. The lowest BCUT2D eigenvalue weighted by molar-refractivity contribution is -0.148. The zero-order valence-electron chi connectivity index (χ0n) is 19.3. The summed E-state index contributed by atoms with van der Waals surface area (Å²) in [5, 5.41) is 11.8. The Kier molecular flexibility index (Phi) is 8.46. The van der Waals surface area contributed by atoms with E-state index < -0.39 is 18.1 Å². The van der Waals surface area contributed by atoms with Gasteiger partial charge in [-0.15, -0.1) is 0 Å². The van der Waals surface area contributed by atoms with Crippen molar-refractivity contribution in [2.75, 3.05) is 20.2 Å². The lowest BCUT2D eigenvalue weighted by Crippen LogP contribution is -2.40. The number of alkyl carbamates (subject to hydrolysis) is 1. The Morgan fingerprint density at radius 1 is 0.970 bits per heavy atom. The molecule has 7 nitrogen and oxygen atoms in total. The Morgan fingerprint density at radius 3 is 2.15 bits per heavy atom. The summed E-state index contributed by atoms with van der Waals surface area (Å²) in [5.74, 6) is -1.13. The standard InChI is InChI=1S/C26H32N2O5/c1-18(25(30)31)28(2)24(29)15-5-3-4-10-16-27-26(32)33-17-23-21-13-8-6-11-19(21)20-12-7-9-14-22(20)23/h6-9,11-14,18,23H,3-5,10,15-17H2,1-2H3,(H,27,32)(H,30,31)/t18-/m0/s1. The molecule has 176 valence electrons. The Balaban J connectivity index is 1.32. The summed E-state index contributed by atoms with van der Waals surface area (Å²) in [6.07, 6.45) is 3.10. The third-order valence-corrected chi connectivity index (χ3v) is 6.26. The first kappa shape index (κ1) is 24.3. The van der Waals surface area contributed by atoms with Gasteiger partial charge in [0.15, 0.2) is 0 Å². The van der Waals surface area contributed by atoms with Gasteiger partial charge in [-0.05, 0) is 42.0 Å². The van der Waals surface area contributed by atoms with Gasteiger partial charge in [0, 0.05) is 25.9 Å². The number of ether oxygens (including phenoxy) is 1. The molecule has 2 aromatic rings. The number of hydrogen-bond donors (Lipinski definition) is 2. The van der Waals surface area contributed by atoms with Crippen molar-refractivity contribution < 1.29 is 24.2 Å². The van der Waals surface area contributed by atoms with E-state index in [-0.39, 0.29) is 11.8 Å². The number of carboxylic acids is 1. The van der Waals surface area contributed by atoms with Crippen molar-refractivity contribution in [1.29, 1.82) is 0 Å². The SMILES string of the molecule is C[C@@H](C(=O)O)N(C)C(=O)CCCCCCNC(=O)OCC1c2ccccc2-c2ccccc21. The number of nitrogens with zero attached hydrogens (tertiary/aromatic N) is 1. The highest BCUT2D eigenvalue weighted by Gasteiger charge is 2.29. The molecule has 2 amide bonds. The normalized spacial score (nSPS) is 13.0. The van der Waals surface area contributed by atoms with Crippen LogP contribution >= 0.6 is 0 Å². The Bertz CT molecular complexity index is 945. The summed E-state index contributed by atoms with van der Waals surface area (Å²) < 4.78 is 5.52. The summed E-state index contributed by atoms with van der Waals surface area (Å²) >= 11 is 0. The van der Waals surface area contributed by atoms with E-state index in [4.69, 9.17) is 9.84 Å². The largest absolute Gasteiger partial charge is 0.480 e. The number of likely N-dealkylation sites (N-methyl/N-ethyl adjacent to an activating group) is 1. The van der Waals surface area contributed by atoms with Gasteiger partial charge < -0.3 is 20.1 Å². The summed E-state index contributed by atoms with van der Waals surface area (Å²) in [7, 11) is 1.51. The molecule has 1 atom stereocenters. The number of rotatable bonds is 11. The Labute approximate surface area is 194 Å². The number of fused-ring (bicyclic) bond motifs is 3. The van der Waals surface area contributed by atoms with E-state index in [0.717, 1.165) is 19.3 Å². The fourth-order valence-corrected chi connectivity index (χ4v) is 4.15. The predicted octanol–water partition coefficient (Wildman–Crippen LogP) is 4.41. The van der Waals surface area contributed by atoms with Crippen molar-refractivity contribution in [2.45, 2.75) is 51.0 Å². The van der Waals surface area contributed by atoms with Gasteiger partial charge in [0.1, 0.15) is 12.6 Å². The monoisotopic (exact) mass is 452 g/mol. The highest BCUT2D eigenvalue weighted by molar-refractivity contribution is 5.83. The molecule has 0 aliphatic heterocycles. The van der Waals surface area contributed by atoms with Crippen molar-refractivity contribution in [1.82, 2.24) is 10.2 Å². The van der Waals surface area contributed by atoms with Crippen molar-refractivity contribution in [3.63, 3.8) is 0 Å². The van der Waals surface area contributed by atoms with E-state index >= 15 is 0 Å². The van der Waals surface area contributed by atoms with Crippen LogP contribution < -0.4 is 5.32 Å². The van der Waals surface area contributed by atoms with Gasteiger partial charge in [0.2, 0.25) is 5.91 Å². The van der Waals surface area contributed by atoms with Crippen LogP contribution in [0.2, 0.25) is 0 Å². The number of carbonyl (C=O) groups is 3. The predicted molar refractivity (Wildman–Crippen MR) is 126 cm³/mol. The van der Waals surface area contributed by atoms with Gasteiger partial charge in [-0.2, -0.15) is 0 Å². The van der Waals surface area contributed by atoms with Gasteiger partial charge in [0.25, 0.3) is 0 Å². The molecular weight excluding hydrogens is 420 g/mol. The number of hydrogen-bond acceptors (Lipinski definition) is 4. The van der Waals surface area contributed by atoms with Gasteiger partial charge in [-0.3, -0.25) is 4.79 Å². The van der Waals surface area contributed by atoms with Crippen molar-refractivity contribution in [2.24, 2.45) is 0 Å². The number of amides is 2. The van der Waals surface area contributed by atoms with Gasteiger partial charge >= 0.3 is 12.1 Å². The van der Waals surface area contributed by atoms with Crippen LogP contribution in [-0.4, -0.2) is 54.2 Å². The van der Waals surface area contributed by atoms with E-state index in [2.05, 4.69) is 29.6 Å². The first-order valence-corrected chi connectivity index (χ1v) is 11.5. The number of unbranched alkanes of at least 4 members (excludes halogenated alkanes) is 3. The molecule has 2 aromatic carbocycles. The lowest BCUT2D eigenvalue weighted by atomic mass is 9.98. The Hall–Kier alpha value is -3.35. The second-order valence-electron chi connectivity index (χ2n) is 8.44. The number of aliphatic carboxylic acids is 1. The van der Waals surface area contributed by atoms with Crippen LogP contribution in [0, 0.1) is 0 Å². The highest BCUT2D eigenvalue weighted by Crippen LogP contribution is 2.44. The van der Waals surface area contributed by atoms with Gasteiger partial charge in [0.05, 0.1) is 0 Å². The molecule has 7 heteroatoms. The van der Waals surface area contributed by atoms with Crippen LogP contribution in [0.25, 0.3) is 11.1 Å². The first-order chi connectivity index (χ1) is 15.9. The second-order valence-corrected chi connectivity index (χ2v) is 8.44. The minimum atomic E-state index is -1.01. The summed E-state index contributed by atoms with van der Waals surface area (Å²) in [4.78, 5) is 36.4. The minimum Gasteiger partial charge on any atom is -0.480 e. The molecule has 0 spiro atoms.